The van der Waals surface area contributed by atoms with Crippen molar-refractivity contribution in [2.45, 2.75) is 0 Å². The standard InChI is InChI=1S/C7H7N3/c8-6-9-10-7-4-2-1-3-5-7/h1-5,9-10H. The lowest BCUT2D eigenvalue weighted by molar-refractivity contribution is 1.07. The van der Waals surface area contributed by atoms with Gasteiger partial charge in [0.25, 0.3) is 0 Å². The first-order chi connectivity index (χ1) is 4.93. The Kier molecular flexibility index (Phi) is 2.16. The quantitative estimate of drug-likeness (QED) is 0.360. The van der Waals surface area contributed by atoms with Crippen molar-refractivity contribution < 1.29 is 0 Å². The number of para-hydroxylation sites is 1. The van der Waals surface area contributed by atoms with E-state index in [9.17, 15) is 0 Å². The smallest absolute Gasteiger partial charge is 0.197 e. The monoisotopic (exact) mass is 133 g/mol. The van der Waals surface area contributed by atoms with Crippen molar-refractivity contribution in [3.05, 3.63) is 30.3 Å². The van der Waals surface area contributed by atoms with Crippen LogP contribution in [0.15, 0.2) is 30.3 Å². The third-order valence-corrected chi connectivity index (χ3v) is 1.04. The number of nitrogens with zero attached hydrogens (tertiary/aromatic N) is 1. The molecule has 0 amide bonds. The Morgan fingerprint density at radius 2 is 1.90 bits per heavy atom. The van der Waals surface area contributed by atoms with Crippen LogP contribution in [0.25, 0.3) is 0 Å². The summed E-state index contributed by atoms with van der Waals surface area (Å²) >= 11 is 0. The normalized spacial score (nSPS) is 7.90. The predicted molar refractivity (Wildman–Crippen MR) is 38.8 cm³/mol. The fourth-order valence-electron chi connectivity index (χ4n) is 0.622. The molecule has 10 heavy (non-hydrogen) atoms. The highest BCUT2D eigenvalue weighted by Crippen LogP contribution is 2.01. The van der Waals surface area contributed by atoms with Crippen molar-refractivity contribution >= 4 is 5.69 Å². The number of nitrogens with one attached hydrogen (secondary N) is 2. The highest BCUT2D eigenvalue weighted by atomic mass is 15.3. The van der Waals surface area contributed by atoms with Gasteiger partial charge in [0.2, 0.25) is 0 Å². The Balaban J connectivity index is 2.52. The summed E-state index contributed by atoms with van der Waals surface area (Å²) in [6.07, 6.45) is 1.76. The van der Waals surface area contributed by atoms with E-state index in [2.05, 4.69) is 10.9 Å². The first kappa shape index (κ1) is 6.43. The third kappa shape index (κ3) is 1.67. The summed E-state index contributed by atoms with van der Waals surface area (Å²) in [5.74, 6) is 0. The van der Waals surface area contributed by atoms with Crippen LogP contribution in [0.5, 0.6) is 0 Å². The van der Waals surface area contributed by atoms with Crippen molar-refractivity contribution in [1.29, 1.82) is 5.26 Å². The van der Waals surface area contributed by atoms with Crippen LogP contribution in [0.4, 0.5) is 5.69 Å². The van der Waals surface area contributed by atoms with E-state index in [4.69, 9.17) is 5.26 Å². The van der Waals surface area contributed by atoms with Crippen LogP contribution in [0.2, 0.25) is 0 Å². The Morgan fingerprint density at radius 1 is 1.20 bits per heavy atom. The molecule has 3 nitrogen and oxygen atoms in total. The van der Waals surface area contributed by atoms with Gasteiger partial charge in [-0.3, -0.25) is 5.43 Å². The Morgan fingerprint density at radius 3 is 2.50 bits per heavy atom. The van der Waals surface area contributed by atoms with E-state index in [1.54, 1.807) is 6.19 Å². The van der Waals surface area contributed by atoms with Crippen LogP contribution in [0.1, 0.15) is 0 Å². The molecule has 1 aromatic carbocycles. The summed E-state index contributed by atoms with van der Waals surface area (Å²) in [5.41, 5.74) is 5.88. The lowest BCUT2D eigenvalue weighted by atomic mass is 10.3. The SMILES string of the molecule is N#CNNc1ccccc1. The number of hydrogen-bond donors (Lipinski definition) is 2. The number of anilines is 1. The van der Waals surface area contributed by atoms with Crippen LogP contribution >= 0.6 is 0 Å². The van der Waals surface area contributed by atoms with E-state index in [1.165, 1.54) is 0 Å². The van der Waals surface area contributed by atoms with Gasteiger partial charge in [-0.1, -0.05) is 18.2 Å². The molecule has 50 valence electrons. The number of benzene rings is 1. The maximum atomic E-state index is 8.10. The molecule has 0 radical (unpaired) electrons. The van der Waals surface area contributed by atoms with E-state index in [0.717, 1.165) is 5.69 Å². The molecule has 0 aromatic heterocycles. The van der Waals surface area contributed by atoms with Crippen molar-refractivity contribution in [1.82, 2.24) is 5.43 Å². The van der Waals surface area contributed by atoms with Gasteiger partial charge in [-0.15, -0.1) is 0 Å². The molecule has 0 bridgehead atoms. The fourth-order valence-corrected chi connectivity index (χ4v) is 0.622. The summed E-state index contributed by atoms with van der Waals surface area (Å²) in [6, 6.07) is 9.43. The Labute approximate surface area is 59.3 Å². The van der Waals surface area contributed by atoms with Gasteiger partial charge in [-0.25, -0.2) is 5.43 Å². The molecule has 1 aromatic rings. The summed E-state index contributed by atoms with van der Waals surface area (Å²) in [7, 11) is 0. The molecule has 0 aliphatic heterocycles. The van der Waals surface area contributed by atoms with Crippen molar-refractivity contribution in [3.8, 4) is 6.19 Å². The van der Waals surface area contributed by atoms with E-state index >= 15 is 0 Å². The minimum atomic E-state index is 0.879. The Bertz CT molecular complexity index is 224. The zero-order valence-electron chi connectivity index (χ0n) is 5.33. The van der Waals surface area contributed by atoms with Gasteiger partial charge in [-0.2, -0.15) is 5.26 Å². The molecule has 0 spiro atoms. The van der Waals surface area contributed by atoms with Gasteiger partial charge >= 0.3 is 0 Å². The van der Waals surface area contributed by atoms with Crippen LogP contribution in [0, 0.1) is 11.5 Å². The zero-order valence-corrected chi connectivity index (χ0v) is 5.33. The largest absolute Gasteiger partial charge is 0.292 e. The molecule has 0 heterocycles. The number of hydrogen-bond acceptors (Lipinski definition) is 3. The van der Waals surface area contributed by atoms with Crippen LogP contribution in [0.3, 0.4) is 0 Å². The van der Waals surface area contributed by atoms with E-state index in [1.807, 2.05) is 30.3 Å². The van der Waals surface area contributed by atoms with E-state index < -0.39 is 0 Å². The molecule has 3 heteroatoms. The molecular formula is C7H7N3. The summed E-state index contributed by atoms with van der Waals surface area (Å²) in [5, 5.41) is 8.10. The maximum Gasteiger partial charge on any atom is 0.197 e. The van der Waals surface area contributed by atoms with E-state index in [0.29, 0.717) is 0 Å². The summed E-state index contributed by atoms with van der Waals surface area (Å²) in [4.78, 5) is 0. The highest BCUT2D eigenvalue weighted by molar-refractivity contribution is 5.41. The van der Waals surface area contributed by atoms with E-state index in [-0.39, 0.29) is 0 Å². The zero-order chi connectivity index (χ0) is 7.23. The lowest BCUT2D eigenvalue weighted by Gasteiger charge is -1.99. The molecule has 0 aliphatic rings. The molecular weight excluding hydrogens is 126 g/mol. The summed E-state index contributed by atoms with van der Waals surface area (Å²) < 4.78 is 0. The first-order valence-corrected chi connectivity index (χ1v) is 2.88. The number of nitriles is 1. The average molecular weight is 133 g/mol. The fraction of sp³-hybridized carbons (Fsp3) is 0. The van der Waals surface area contributed by atoms with Crippen molar-refractivity contribution in [2.75, 3.05) is 5.43 Å². The molecule has 0 aliphatic carbocycles. The van der Waals surface area contributed by atoms with Gasteiger partial charge in [0.05, 0.1) is 5.69 Å². The number of hydrazine groups is 1. The van der Waals surface area contributed by atoms with Gasteiger partial charge in [0, 0.05) is 0 Å². The van der Waals surface area contributed by atoms with Gasteiger partial charge in [0.1, 0.15) is 0 Å². The van der Waals surface area contributed by atoms with Gasteiger partial charge in [0.15, 0.2) is 6.19 Å². The minimum absolute atomic E-state index is 0.879. The number of rotatable bonds is 2. The maximum absolute atomic E-state index is 8.10. The first-order valence-electron chi connectivity index (χ1n) is 2.88. The van der Waals surface area contributed by atoms with Gasteiger partial charge < -0.3 is 0 Å². The topological polar surface area (TPSA) is 47.9 Å². The van der Waals surface area contributed by atoms with Gasteiger partial charge in [-0.05, 0) is 12.1 Å². The average Bonchev–Trinajstić information content (AvgIpc) is 2.03. The molecule has 1 rings (SSSR count). The molecule has 2 N–H and O–H groups in total. The van der Waals surface area contributed by atoms with Crippen LogP contribution in [-0.2, 0) is 0 Å². The molecule has 0 unspecified atom stereocenters. The van der Waals surface area contributed by atoms with Crippen LogP contribution < -0.4 is 10.9 Å². The molecule has 0 atom stereocenters. The lowest BCUT2D eigenvalue weighted by Crippen LogP contribution is -2.13. The molecule has 0 saturated heterocycles. The highest BCUT2D eigenvalue weighted by Gasteiger charge is 1.82. The second-order valence-corrected chi connectivity index (χ2v) is 1.73. The van der Waals surface area contributed by atoms with Crippen molar-refractivity contribution in [2.24, 2.45) is 0 Å². The third-order valence-electron chi connectivity index (χ3n) is 1.04. The second-order valence-electron chi connectivity index (χ2n) is 1.73. The molecule has 0 fully saturated rings. The molecule has 0 saturated carbocycles. The Hall–Kier alpha value is -1.69. The second kappa shape index (κ2) is 3.36. The minimum Gasteiger partial charge on any atom is -0.292 e. The predicted octanol–water partition coefficient (Wildman–Crippen LogP) is 1.08. The van der Waals surface area contributed by atoms with Crippen LogP contribution in [-0.4, -0.2) is 0 Å². The van der Waals surface area contributed by atoms with Crippen molar-refractivity contribution in [3.63, 3.8) is 0 Å². The summed E-state index contributed by atoms with van der Waals surface area (Å²) in [6.45, 7) is 0.